The average molecular weight is 401 g/mol. The normalized spacial score (nSPS) is 18.6. The Balaban J connectivity index is 1.62. The fourth-order valence-corrected chi connectivity index (χ4v) is 4.51. The maximum absolute atomic E-state index is 13.3. The molecule has 6 nitrogen and oxygen atoms in total. The van der Waals surface area contributed by atoms with E-state index in [9.17, 15) is 9.59 Å². The molecule has 1 saturated carbocycles. The number of piperidine rings is 1. The lowest BCUT2D eigenvalue weighted by Crippen LogP contribution is -2.49. The highest BCUT2D eigenvalue weighted by atomic mass is 16.2. The molecule has 1 aromatic carbocycles. The van der Waals surface area contributed by atoms with Gasteiger partial charge in [0.2, 0.25) is 0 Å². The first-order valence-corrected chi connectivity index (χ1v) is 11.1. The Morgan fingerprint density at radius 2 is 1.69 bits per heavy atom. The predicted octanol–water partition coefficient (Wildman–Crippen LogP) is 3.77. The summed E-state index contributed by atoms with van der Waals surface area (Å²) in [5, 5.41) is 5.96. The molecule has 3 rings (SSSR count). The predicted molar refractivity (Wildman–Crippen MR) is 117 cm³/mol. The van der Waals surface area contributed by atoms with E-state index < -0.39 is 0 Å². The number of rotatable bonds is 5. The highest BCUT2D eigenvalue weighted by Gasteiger charge is 2.27. The topological polar surface area (TPSA) is 64.7 Å². The monoisotopic (exact) mass is 400 g/mol. The Bertz CT molecular complexity index is 692. The third-order valence-corrected chi connectivity index (χ3v) is 6.17. The number of amides is 3. The van der Waals surface area contributed by atoms with Crippen LogP contribution in [0.5, 0.6) is 0 Å². The van der Waals surface area contributed by atoms with Gasteiger partial charge in [0.15, 0.2) is 0 Å². The van der Waals surface area contributed by atoms with Crippen molar-refractivity contribution in [3.05, 3.63) is 29.8 Å². The van der Waals surface area contributed by atoms with Crippen LogP contribution in [-0.2, 0) is 0 Å². The Hall–Kier alpha value is -2.24. The van der Waals surface area contributed by atoms with Gasteiger partial charge in [-0.05, 0) is 51.7 Å². The van der Waals surface area contributed by atoms with Crippen LogP contribution in [0.25, 0.3) is 0 Å². The molecule has 2 aliphatic rings. The minimum absolute atomic E-state index is 0.0943. The molecule has 1 heterocycles. The SMILES string of the molecule is CC(C)NC(=O)NC1CCN(c2ccccc2C(=O)N(C)C2CCCCC2)CC1. The van der Waals surface area contributed by atoms with Crippen molar-refractivity contribution in [1.82, 2.24) is 15.5 Å². The Kier molecular flexibility index (Phi) is 7.40. The van der Waals surface area contributed by atoms with E-state index in [1.165, 1.54) is 19.3 Å². The zero-order valence-electron chi connectivity index (χ0n) is 18.1. The van der Waals surface area contributed by atoms with E-state index in [-0.39, 0.29) is 24.0 Å². The summed E-state index contributed by atoms with van der Waals surface area (Å²) >= 11 is 0. The van der Waals surface area contributed by atoms with Gasteiger partial charge in [-0.25, -0.2) is 4.79 Å². The molecule has 29 heavy (non-hydrogen) atoms. The molecule has 3 amide bonds. The van der Waals surface area contributed by atoms with Crippen LogP contribution in [0.2, 0.25) is 0 Å². The number of nitrogens with zero attached hydrogens (tertiary/aromatic N) is 2. The molecule has 0 spiro atoms. The Labute approximate surface area is 175 Å². The first-order valence-electron chi connectivity index (χ1n) is 11.1. The van der Waals surface area contributed by atoms with E-state index in [0.717, 1.165) is 50.0 Å². The number of anilines is 1. The number of nitrogens with one attached hydrogen (secondary N) is 2. The number of hydrogen-bond acceptors (Lipinski definition) is 3. The highest BCUT2D eigenvalue weighted by Crippen LogP contribution is 2.28. The van der Waals surface area contributed by atoms with Crippen molar-refractivity contribution < 1.29 is 9.59 Å². The van der Waals surface area contributed by atoms with Crippen molar-refractivity contribution in [3.8, 4) is 0 Å². The van der Waals surface area contributed by atoms with Gasteiger partial charge >= 0.3 is 6.03 Å². The molecule has 1 aliphatic carbocycles. The minimum atomic E-state index is -0.0943. The second-order valence-electron chi connectivity index (χ2n) is 8.76. The Morgan fingerprint density at radius 1 is 1.03 bits per heavy atom. The van der Waals surface area contributed by atoms with E-state index >= 15 is 0 Å². The van der Waals surface area contributed by atoms with Crippen molar-refractivity contribution in [2.24, 2.45) is 0 Å². The van der Waals surface area contributed by atoms with Crippen LogP contribution in [-0.4, -0.2) is 55.1 Å². The van der Waals surface area contributed by atoms with Gasteiger partial charge in [-0.15, -0.1) is 0 Å². The van der Waals surface area contributed by atoms with Gasteiger partial charge in [0.05, 0.1) is 5.56 Å². The Morgan fingerprint density at radius 3 is 2.34 bits per heavy atom. The zero-order valence-corrected chi connectivity index (χ0v) is 18.1. The summed E-state index contributed by atoms with van der Waals surface area (Å²) in [5.41, 5.74) is 1.81. The first kappa shape index (κ1) is 21.5. The molecule has 2 fully saturated rings. The van der Waals surface area contributed by atoms with Gasteiger partial charge in [0.1, 0.15) is 0 Å². The number of carbonyl (C=O) groups is 2. The fourth-order valence-electron chi connectivity index (χ4n) is 4.51. The summed E-state index contributed by atoms with van der Waals surface area (Å²) in [6.07, 6.45) is 7.70. The number of benzene rings is 1. The second kappa shape index (κ2) is 9.99. The van der Waals surface area contributed by atoms with Crippen molar-refractivity contribution in [2.75, 3.05) is 25.0 Å². The molecular formula is C23H36N4O2. The quantitative estimate of drug-likeness (QED) is 0.791. The summed E-state index contributed by atoms with van der Waals surface area (Å²) in [6.45, 7) is 5.59. The van der Waals surface area contributed by atoms with Crippen molar-refractivity contribution in [1.29, 1.82) is 0 Å². The van der Waals surface area contributed by atoms with Crippen LogP contribution in [0.1, 0.15) is 69.2 Å². The summed E-state index contributed by atoms with van der Waals surface area (Å²) in [7, 11) is 1.96. The lowest BCUT2D eigenvalue weighted by Gasteiger charge is -2.36. The molecule has 1 aromatic rings. The van der Waals surface area contributed by atoms with E-state index in [2.05, 4.69) is 21.6 Å². The number of urea groups is 1. The van der Waals surface area contributed by atoms with Gasteiger partial charge in [-0.1, -0.05) is 31.4 Å². The molecule has 0 bridgehead atoms. The van der Waals surface area contributed by atoms with Crippen LogP contribution in [0.15, 0.2) is 24.3 Å². The van der Waals surface area contributed by atoms with Crippen LogP contribution in [0, 0.1) is 0 Å². The molecule has 0 atom stereocenters. The third-order valence-electron chi connectivity index (χ3n) is 6.17. The van der Waals surface area contributed by atoms with Gasteiger partial charge in [-0.2, -0.15) is 0 Å². The van der Waals surface area contributed by atoms with Crippen LogP contribution in [0.4, 0.5) is 10.5 Å². The van der Waals surface area contributed by atoms with Crippen molar-refractivity contribution in [3.63, 3.8) is 0 Å². The second-order valence-corrected chi connectivity index (χ2v) is 8.76. The number of hydrogen-bond donors (Lipinski definition) is 2. The molecule has 0 aromatic heterocycles. The molecule has 1 aliphatic heterocycles. The van der Waals surface area contributed by atoms with E-state index in [1.807, 2.05) is 44.0 Å². The van der Waals surface area contributed by atoms with E-state index in [0.29, 0.717) is 6.04 Å². The largest absolute Gasteiger partial charge is 0.371 e. The van der Waals surface area contributed by atoms with Gasteiger partial charge in [0.25, 0.3) is 5.91 Å². The smallest absolute Gasteiger partial charge is 0.315 e. The molecule has 6 heteroatoms. The van der Waals surface area contributed by atoms with Crippen LogP contribution in [0.3, 0.4) is 0 Å². The summed E-state index contributed by atoms with van der Waals surface area (Å²) in [5.74, 6) is 0.129. The van der Waals surface area contributed by atoms with E-state index in [4.69, 9.17) is 0 Å². The van der Waals surface area contributed by atoms with Gasteiger partial charge in [-0.3, -0.25) is 4.79 Å². The fraction of sp³-hybridized carbons (Fsp3) is 0.652. The summed E-state index contributed by atoms with van der Waals surface area (Å²) in [4.78, 5) is 29.5. The molecule has 0 unspecified atom stereocenters. The number of carbonyl (C=O) groups excluding carboxylic acids is 2. The van der Waals surface area contributed by atoms with E-state index in [1.54, 1.807) is 0 Å². The molecule has 2 N–H and O–H groups in total. The maximum atomic E-state index is 13.3. The third kappa shape index (κ3) is 5.64. The molecule has 160 valence electrons. The molecular weight excluding hydrogens is 364 g/mol. The molecule has 1 saturated heterocycles. The van der Waals surface area contributed by atoms with Crippen molar-refractivity contribution >= 4 is 17.6 Å². The van der Waals surface area contributed by atoms with Crippen LogP contribution >= 0.6 is 0 Å². The van der Waals surface area contributed by atoms with Gasteiger partial charge in [0, 0.05) is 44.0 Å². The summed E-state index contributed by atoms with van der Waals surface area (Å²) < 4.78 is 0. The minimum Gasteiger partial charge on any atom is -0.371 e. The lowest BCUT2D eigenvalue weighted by atomic mass is 9.94. The maximum Gasteiger partial charge on any atom is 0.315 e. The molecule has 0 radical (unpaired) electrons. The van der Waals surface area contributed by atoms with Crippen LogP contribution < -0.4 is 15.5 Å². The highest BCUT2D eigenvalue weighted by molar-refractivity contribution is 5.99. The standard InChI is InChI=1S/C23H36N4O2/c1-17(2)24-23(29)25-18-13-15-27(16-14-18)21-12-8-7-11-20(21)22(28)26(3)19-9-5-4-6-10-19/h7-8,11-12,17-19H,4-6,9-10,13-16H2,1-3H3,(H2,24,25,29). The zero-order chi connectivity index (χ0) is 20.8. The van der Waals surface area contributed by atoms with Gasteiger partial charge < -0.3 is 20.4 Å². The average Bonchev–Trinajstić information content (AvgIpc) is 2.73. The first-order chi connectivity index (χ1) is 14.0. The summed E-state index contributed by atoms with van der Waals surface area (Å²) in [6, 6.07) is 8.55. The number of para-hydroxylation sites is 1. The van der Waals surface area contributed by atoms with Crippen molar-refractivity contribution in [2.45, 2.75) is 76.9 Å². The lowest BCUT2D eigenvalue weighted by molar-refractivity contribution is 0.0697.